The van der Waals surface area contributed by atoms with E-state index in [1.54, 1.807) is 4.68 Å². The molecular formula is C11H11BrClN3. The fourth-order valence-corrected chi connectivity index (χ4v) is 2.10. The molecule has 16 heavy (non-hydrogen) atoms. The molecule has 0 fully saturated rings. The maximum absolute atomic E-state index is 6.11. The normalized spacial score (nSPS) is 10.4. The van der Waals surface area contributed by atoms with Gasteiger partial charge in [0, 0.05) is 35.4 Å². The van der Waals surface area contributed by atoms with Crippen molar-refractivity contribution in [3.05, 3.63) is 45.5 Å². The fraction of sp³-hybridized carbons (Fsp3) is 0.182. The summed E-state index contributed by atoms with van der Waals surface area (Å²) in [6.45, 7) is 0.670. The Morgan fingerprint density at radius 2 is 2.25 bits per heavy atom. The van der Waals surface area contributed by atoms with Crippen LogP contribution >= 0.6 is 27.5 Å². The number of nitrogens with zero attached hydrogens (tertiary/aromatic N) is 2. The van der Waals surface area contributed by atoms with Gasteiger partial charge in [0.25, 0.3) is 0 Å². The Morgan fingerprint density at radius 1 is 1.44 bits per heavy atom. The first kappa shape index (κ1) is 11.5. The summed E-state index contributed by atoms with van der Waals surface area (Å²) < 4.78 is 2.74. The highest BCUT2D eigenvalue weighted by atomic mass is 79.9. The Hall–Kier alpha value is -1.00. The summed E-state index contributed by atoms with van der Waals surface area (Å²) in [5.41, 5.74) is 1.05. The number of aromatic nitrogens is 2. The second-order valence-corrected chi connectivity index (χ2v) is 4.79. The number of rotatable bonds is 3. The number of aryl methyl sites for hydroxylation is 1. The lowest BCUT2D eigenvalue weighted by atomic mass is 10.2. The number of anilines is 1. The molecule has 5 heteroatoms. The van der Waals surface area contributed by atoms with Crippen LogP contribution in [-0.4, -0.2) is 9.78 Å². The van der Waals surface area contributed by atoms with Gasteiger partial charge in [0.2, 0.25) is 0 Å². The van der Waals surface area contributed by atoms with Gasteiger partial charge < -0.3 is 5.32 Å². The minimum Gasteiger partial charge on any atom is -0.364 e. The molecule has 1 heterocycles. The summed E-state index contributed by atoms with van der Waals surface area (Å²) in [6, 6.07) is 7.77. The molecule has 0 saturated heterocycles. The first-order valence-corrected chi connectivity index (χ1v) is 6.00. The van der Waals surface area contributed by atoms with Crippen LogP contribution in [0.15, 0.2) is 34.9 Å². The molecule has 0 amide bonds. The third kappa shape index (κ3) is 2.77. The van der Waals surface area contributed by atoms with Crippen LogP contribution in [0.5, 0.6) is 0 Å². The van der Waals surface area contributed by atoms with Crippen molar-refractivity contribution >= 4 is 33.3 Å². The Bertz CT molecular complexity index is 496. The molecule has 0 aliphatic carbocycles. The lowest BCUT2D eigenvalue weighted by molar-refractivity contribution is 0.768. The summed E-state index contributed by atoms with van der Waals surface area (Å²) in [6.07, 6.45) is 1.89. The van der Waals surface area contributed by atoms with E-state index in [-0.39, 0.29) is 0 Å². The summed E-state index contributed by atoms with van der Waals surface area (Å²) in [5, 5.41) is 8.18. The minimum atomic E-state index is 0.670. The van der Waals surface area contributed by atoms with E-state index in [0.29, 0.717) is 6.54 Å². The zero-order valence-electron chi connectivity index (χ0n) is 8.74. The van der Waals surface area contributed by atoms with E-state index in [9.17, 15) is 0 Å². The Kier molecular flexibility index (Phi) is 3.51. The topological polar surface area (TPSA) is 29.9 Å². The van der Waals surface area contributed by atoms with Gasteiger partial charge in [0.15, 0.2) is 0 Å². The van der Waals surface area contributed by atoms with Crippen molar-refractivity contribution in [2.45, 2.75) is 6.54 Å². The van der Waals surface area contributed by atoms with Gasteiger partial charge in [0.1, 0.15) is 5.82 Å². The van der Waals surface area contributed by atoms with Crippen LogP contribution in [0.3, 0.4) is 0 Å². The van der Waals surface area contributed by atoms with Crippen molar-refractivity contribution in [1.29, 1.82) is 0 Å². The van der Waals surface area contributed by atoms with Crippen LogP contribution in [-0.2, 0) is 13.6 Å². The largest absolute Gasteiger partial charge is 0.364 e. The molecule has 0 bridgehead atoms. The van der Waals surface area contributed by atoms with Crippen molar-refractivity contribution in [1.82, 2.24) is 9.78 Å². The Morgan fingerprint density at radius 3 is 2.88 bits per heavy atom. The molecule has 2 rings (SSSR count). The SMILES string of the molecule is Cn1ccc(NCc2ccc(Br)cc2Cl)n1. The lowest BCUT2D eigenvalue weighted by Gasteiger charge is -2.05. The van der Waals surface area contributed by atoms with Gasteiger partial charge in [-0.25, -0.2) is 0 Å². The Labute approximate surface area is 108 Å². The monoisotopic (exact) mass is 299 g/mol. The highest BCUT2D eigenvalue weighted by Crippen LogP contribution is 2.21. The third-order valence-corrected chi connectivity index (χ3v) is 3.03. The van der Waals surface area contributed by atoms with Gasteiger partial charge in [0.05, 0.1) is 0 Å². The quantitative estimate of drug-likeness (QED) is 0.941. The van der Waals surface area contributed by atoms with Gasteiger partial charge in [-0.2, -0.15) is 5.10 Å². The molecular weight excluding hydrogens is 289 g/mol. The van der Waals surface area contributed by atoms with Gasteiger partial charge in [-0.05, 0) is 17.7 Å². The van der Waals surface area contributed by atoms with E-state index in [2.05, 4.69) is 26.3 Å². The van der Waals surface area contributed by atoms with E-state index in [1.807, 2.05) is 37.5 Å². The molecule has 3 nitrogen and oxygen atoms in total. The number of nitrogens with one attached hydrogen (secondary N) is 1. The molecule has 0 aliphatic rings. The molecule has 2 aromatic rings. The lowest BCUT2D eigenvalue weighted by Crippen LogP contribution is -2.01. The van der Waals surface area contributed by atoms with Crippen molar-refractivity contribution in [3.63, 3.8) is 0 Å². The van der Waals surface area contributed by atoms with Crippen molar-refractivity contribution in [3.8, 4) is 0 Å². The summed E-state index contributed by atoms with van der Waals surface area (Å²) in [5.74, 6) is 0.849. The third-order valence-electron chi connectivity index (χ3n) is 2.19. The molecule has 0 spiro atoms. The molecule has 1 aromatic carbocycles. The molecule has 1 aromatic heterocycles. The molecule has 1 N–H and O–H groups in total. The standard InChI is InChI=1S/C11H11BrClN3/c1-16-5-4-11(15-16)14-7-8-2-3-9(12)6-10(8)13/h2-6H,7H2,1H3,(H,14,15). The first-order valence-electron chi connectivity index (χ1n) is 4.82. The van der Waals surface area contributed by atoms with Crippen LogP contribution in [0, 0.1) is 0 Å². The molecule has 0 aliphatic heterocycles. The smallest absolute Gasteiger partial charge is 0.148 e. The zero-order chi connectivity index (χ0) is 11.5. The average Bonchev–Trinajstić information content (AvgIpc) is 2.63. The predicted molar refractivity (Wildman–Crippen MR) is 69.7 cm³/mol. The van der Waals surface area contributed by atoms with Crippen molar-refractivity contribution in [2.24, 2.45) is 7.05 Å². The highest BCUT2D eigenvalue weighted by Gasteiger charge is 2.02. The summed E-state index contributed by atoms with van der Waals surface area (Å²) in [4.78, 5) is 0. The minimum absolute atomic E-state index is 0.670. The van der Waals surface area contributed by atoms with Crippen molar-refractivity contribution < 1.29 is 0 Å². The number of benzene rings is 1. The summed E-state index contributed by atoms with van der Waals surface area (Å²) in [7, 11) is 1.89. The van der Waals surface area contributed by atoms with E-state index < -0.39 is 0 Å². The van der Waals surface area contributed by atoms with Gasteiger partial charge in [-0.15, -0.1) is 0 Å². The Balaban J connectivity index is 2.04. The van der Waals surface area contributed by atoms with Crippen LogP contribution in [0.25, 0.3) is 0 Å². The second kappa shape index (κ2) is 4.89. The second-order valence-electron chi connectivity index (χ2n) is 3.46. The fourth-order valence-electron chi connectivity index (χ4n) is 1.36. The van der Waals surface area contributed by atoms with E-state index in [1.165, 1.54) is 0 Å². The molecule has 0 unspecified atom stereocenters. The number of hydrogen-bond acceptors (Lipinski definition) is 2. The van der Waals surface area contributed by atoms with Gasteiger partial charge in [-0.3, -0.25) is 4.68 Å². The summed E-state index contributed by atoms with van der Waals surface area (Å²) >= 11 is 9.48. The molecule has 0 atom stereocenters. The molecule has 0 radical (unpaired) electrons. The molecule has 84 valence electrons. The van der Waals surface area contributed by atoms with Crippen LogP contribution in [0.1, 0.15) is 5.56 Å². The average molecular weight is 301 g/mol. The maximum atomic E-state index is 6.11. The van der Waals surface area contributed by atoms with Gasteiger partial charge >= 0.3 is 0 Å². The predicted octanol–water partition coefficient (Wildman–Crippen LogP) is 3.45. The number of halogens is 2. The van der Waals surface area contributed by atoms with E-state index >= 15 is 0 Å². The van der Waals surface area contributed by atoms with Crippen LogP contribution in [0.4, 0.5) is 5.82 Å². The van der Waals surface area contributed by atoms with Crippen LogP contribution < -0.4 is 5.32 Å². The van der Waals surface area contributed by atoms with Crippen molar-refractivity contribution in [2.75, 3.05) is 5.32 Å². The van der Waals surface area contributed by atoms with E-state index in [4.69, 9.17) is 11.6 Å². The zero-order valence-corrected chi connectivity index (χ0v) is 11.1. The van der Waals surface area contributed by atoms with Crippen LogP contribution in [0.2, 0.25) is 5.02 Å². The number of hydrogen-bond donors (Lipinski definition) is 1. The molecule has 0 saturated carbocycles. The highest BCUT2D eigenvalue weighted by molar-refractivity contribution is 9.10. The first-order chi connectivity index (χ1) is 7.65. The maximum Gasteiger partial charge on any atom is 0.148 e. The van der Waals surface area contributed by atoms with Gasteiger partial charge in [-0.1, -0.05) is 33.6 Å². The van der Waals surface area contributed by atoms with E-state index in [0.717, 1.165) is 20.9 Å².